The van der Waals surface area contributed by atoms with Crippen LogP contribution in [0.15, 0.2) is 42.7 Å². The molecule has 1 aromatic carbocycles. The number of ether oxygens (including phenoxy) is 1. The number of carbonyl (C=O) groups excluding carboxylic acids is 1. The summed E-state index contributed by atoms with van der Waals surface area (Å²) < 4.78 is 5.25. The molecule has 0 bridgehead atoms. The summed E-state index contributed by atoms with van der Waals surface area (Å²) in [5, 5.41) is 12.3. The Morgan fingerprint density at radius 3 is 2.54 bits per heavy atom. The highest BCUT2D eigenvalue weighted by Crippen LogP contribution is 2.30. The first-order valence-corrected chi connectivity index (χ1v) is 7.94. The molecule has 1 aromatic heterocycles. The fourth-order valence-electron chi connectivity index (χ4n) is 2.98. The molecular weight excluding hydrogens is 308 g/mol. The Hall–Kier alpha value is -2.60. The minimum atomic E-state index is -0.947. The number of nitrogens with one attached hydrogen (secondary N) is 2. The topological polar surface area (TPSA) is 91.4 Å². The van der Waals surface area contributed by atoms with Crippen molar-refractivity contribution in [1.82, 2.24) is 10.3 Å². The van der Waals surface area contributed by atoms with E-state index in [2.05, 4.69) is 10.3 Å². The van der Waals surface area contributed by atoms with Gasteiger partial charge in [-0.1, -0.05) is 30.3 Å². The third-order valence-corrected chi connectivity index (χ3v) is 4.57. The van der Waals surface area contributed by atoms with E-state index in [4.69, 9.17) is 4.74 Å². The van der Waals surface area contributed by atoms with Crippen molar-refractivity contribution in [2.24, 2.45) is 5.41 Å². The number of rotatable bonds is 5. The van der Waals surface area contributed by atoms with Gasteiger partial charge in [-0.15, -0.1) is 0 Å². The van der Waals surface area contributed by atoms with Crippen molar-refractivity contribution in [3.8, 4) is 11.1 Å². The zero-order chi connectivity index (χ0) is 17.0. The van der Waals surface area contributed by atoms with Gasteiger partial charge in [-0.05, 0) is 18.4 Å². The number of carbonyl (C=O) groups is 2. The summed E-state index contributed by atoms with van der Waals surface area (Å²) in [6.45, 7) is 0.910. The van der Waals surface area contributed by atoms with Crippen molar-refractivity contribution < 1.29 is 19.4 Å². The van der Waals surface area contributed by atoms with Crippen LogP contribution < -0.4 is 5.32 Å². The molecule has 1 amide bonds. The van der Waals surface area contributed by atoms with Gasteiger partial charge in [0.25, 0.3) is 5.91 Å². The van der Waals surface area contributed by atoms with Crippen LogP contribution in [0.2, 0.25) is 0 Å². The molecule has 0 aliphatic carbocycles. The van der Waals surface area contributed by atoms with Crippen LogP contribution in [0.4, 0.5) is 0 Å². The standard InChI is InChI=1S/C18H20N2O4/c21-16(20-12-18(17(22)23)6-8-24-9-7-18)15-11-19-10-14(15)13-4-2-1-3-5-13/h1-5,10-11,19H,6-9,12H2,(H,20,21)(H,22,23). The summed E-state index contributed by atoms with van der Waals surface area (Å²) in [6.07, 6.45) is 4.21. The number of carboxylic acids is 1. The molecule has 0 saturated carbocycles. The quantitative estimate of drug-likeness (QED) is 0.785. The van der Waals surface area contributed by atoms with Crippen molar-refractivity contribution in [3.63, 3.8) is 0 Å². The molecule has 0 unspecified atom stereocenters. The highest BCUT2D eigenvalue weighted by molar-refractivity contribution is 6.01. The Bertz CT molecular complexity index is 718. The first kappa shape index (κ1) is 16.3. The number of hydrogen-bond donors (Lipinski definition) is 3. The van der Waals surface area contributed by atoms with Crippen molar-refractivity contribution in [1.29, 1.82) is 0 Å². The molecule has 1 saturated heterocycles. The van der Waals surface area contributed by atoms with Crippen LogP contribution in [-0.2, 0) is 9.53 Å². The molecule has 1 aliphatic rings. The van der Waals surface area contributed by atoms with E-state index in [0.717, 1.165) is 11.1 Å². The molecule has 24 heavy (non-hydrogen) atoms. The van der Waals surface area contributed by atoms with Gasteiger partial charge in [0, 0.05) is 37.7 Å². The molecule has 0 radical (unpaired) electrons. The SMILES string of the molecule is O=C(NCC1(C(=O)O)CCOCC1)c1c[nH]cc1-c1ccccc1. The van der Waals surface area contributed by atoms with E-state index < -0.39 is 11.4 Å². The summed E-state index contributed by atoms with van der Waals surface area (Å²) in [4.78, 5) is 27.2. The summed E-state index contributed by atoms with van der Waals surface area (Å²) in [5.41, 5.74) is 1.29. The largest absolute Gasteiger partial charge is 0.481 e. The van der Waals surface area contributed by atoms with E-state index >= 15 is 0 Å². The predicted molar refractivity (Wildman–Crippen MR) is 88.7 cm³/mol. The van der Waals surface area contributed by atoms with Gasteiger partial charge in [0.1, 0.15) is 0 Å². The molecule has 126 valence electrons. The lowest BCUT2D eigenvalue weighted by Crippen LogP contribution is -2.46. The van der Waals surface area contributed by atoms with E-state index in [9.17, 15) is 14.7 Å². The molecule has 3 N–H and O–H groups in total. The summed E-state index contributed by atoms with van der Waals surface area (Å²) in [5.74, 6) is -1.16. The third kappa shape index (κ3) is 3.19. The Kier molecular flexibility index (Phi) is 4.66. The monoisotopic (exact) mass is 328 g/mol. The van der Waals surface area contributed by atoms with Gasteiger partial charge in [-0.2, -0.15) is 0 Å². The number of aliphatic carboxylic acids is 1. The van der Waals surface area contributed by atoms with Crippen molar-refractivity contribution in [2.75, 3.05) is 19.8 Å². The van der Waals surface area contributed by atoms with Gasteiger partial charge in [0.15, 0.2) is 0 Å². The fourth-order valence-corrected chi connectivity index (χ4v) is 2.98. The van der Waals surface area contributed by atoms with E-state index in [0.29, 0.717) is 31.6 Å². The van der Waals surface area contributed by atoms with Crippen molar-refractivity contribution >= 4 is 11.9 Å². The van der Waals surface area contributed by atoms with Crippen LogP contribution in [0.25, 0.3) is 11.1 Å². The van der Waals surface area contributed by atoms with Gasteiger partial charge < -0.3 is 20.1 Å². The van der Waals surface area contributed by atoms with E-state index in [1.54, 1.807) is 12.4 Å². The summed E-state index contributed by atoms with van der Waals surface area (Å²) >= 11 is 0. The second-order valence-electron chi connectivity index (χ2n) is 6.03. The second-order valence-corrected chi connectivity index (χ2v) is 6.03. The first-order chi connectivity index (χ1) is 11.6. The fraction of sp³-hybridized carbons (Fsp3) is 0.333. The van der Waals surface area contributed by atoms with Crippen LogP contribution in [0.5, 0.6) is 0 Å². The number of carboxylic acid groups (broad SMARTS) is 1. The molecule has 2 heterocycles. The minimum Gasteiger partial charge on any atom is -0.481 e. The Labute approximate surface area is 139 Å². The van der Waals surface area contributed by atoms with Crippen molar-refractivity contribution in [2.45, 2.75) is 12.8 Å². The zero-order valence-electron chi connectivity index (χ0n) is 13.2. The zero-order valence-corrected chi connectivity index (χ0v) is 13.2. The third-order valence-electron chi connectivity index (χ3n) is 4.57. The van der Waals surface area contributed by atoms with Gasteiger partial charge in [-0.25, -0.2) is 0 Å². The molecule has 2 aromatic rings. The normalized spacial score (nSPS) is 16.5. The number of hydrogen-bond acceptors (Lipinski definition) is 3. The molecule has 1 aliphatic heterocycles. The summed E-state index contributed by atoms with van der Waals surface area (Å²) in [7, 11) is 0. The van der Waals surface area contributed by atoms with Gasteiger partial charge >= 0.3 is 5.97 Å². The molecule has 6 heteroatoms. The number of H-pyrrole nitrogens is 1. The summed E-state index contributed by atoms with van der Waals surface area (Å²) in [6, 6.07) is 9.59. The maximum Gasteiger partial charge on any atom is 0.311 e. The maximum absolute atomic E-state index is 12.6. The highest BCUT2D eigenvalue weighted by Gasteiger charge is 2.40. The lowest BCUT2D eigenvalue weighted by molar-refractivity contribution is -0.154. The van der Waals surface area contributed by atoms with Crippen LogP contribution in [0.1, 0.15) is 23.2 Å². The molecule has 1 fully saturated rings. The van der Waals surface area contributed by atoms with E-state index in [1.807, 2.05) is 30.3 Å². The van der Waals surface area contributed by atoms with Gasteiger partial charge in [0.2, 0.25) is 0 Å². The minimum absolute atomic E-state index is 0.101. The number of aromatic amines is 1. The van der Waals surface area contributed by atoms with E-state index in [1.165, 1.54) is 0 Å². The van der Waals surface area contributed by atoms with Gasteiger partial charge in [0.05, 0.1) is 11.0 Å². The van der Waals surface area contributed by atoms with Crippen LogP contribution in [0.3, 0.4) is 0 Å². The Balaban J connectivity index is 1.74. The molecule has 0 spiro atoms. The molecule has 3 rings (SSSR count). The maximum atomic E-state index is 12.6. The number of benzene rings is 1. The average Bonchev–Trinajstić information content (AvgIpc) is 3.11. The lowest BCUT2D eigenvalue weighted by atomic mass is 9.80. The van der Waals surface area contributed by atoms with Crippen LogP contribution in [0, 0.1) is 5.41 Å². The average molecular weight is 328 g/mol. The molecular formula is C18H20N2O4. The molecule has 6 nitrogen and oxygen atoms in total. The lowest BCUT2D eigenvalue weighted by Gasteiger charge is -2.33. The predicted octanol–water partition coefficient (Wildman–Crippen LogP) is 2.29. The smallest absolute Gasteiger partial charge is 0.311 e. The molecule has 0 atom stereocenters. The van der Waals surface area contributed by atoms with Crippen LogP contribution >= 0.6 is 0 Å². The van der Waals surface area contributed by atoms with Crippen molar-refractivity contribution in [3.05, 3.63) is 48.3 Å². The van der Waals surface area contributed by atoms with Gasteiger partial charge in [-0.3, -0.25) is 9.59 Å². The number of amides is 1. The van der Waals surface area contributed by atoms with Crippen LogP contribution in [-0.4, -0.2) is 41.7 Å². The Morgan fingerprint density at radius 2 is 1.88 bits per heavy atom. The highest BCUT2D eigenvalue weighted by atomic mass is 16.5. The first-order valence-electron chi connectivity index (χ1n) is 7.94. The second kappa shape index (κ2) is 6.88. The number of aromatic nitrogens is 1. The Morgan fingerprint density at radius 1 is 1.17 bits per heavy atom. The van der Waals surface area contributed by atoms with E-state index in [-0.39, 0.29) is 12.5 Å².